The summed E-state index contributed by atoms with van der Waals surface area (Å²) >= 11 is 3.21. The van der Waals surface area contributed by atoms with Crippen LogP contribution < -0.4 is 0 Å². The molecule has 1 atom stereocenters. The molecule has 0 radical (unpaired) electrons. The minimum Gasteiger partial charge on any atom is -0.393 e. The molecular weight excluding hydrogens is 332 g/mol. The maximum Gasteiger partial charge on any atom is 0.411 e. The number of aliphatic hydroxyl groups is 1. The predicted octanol–water partition coefficient (Wildman–Crippen LogP) is 3.46. The molecular formula is C12H13BrF4O2. The van der Waals surface area contributed by atoms with Gasteiger partial charge in [-0.25, -0.2) is 4.39 Å². The summed E-state index contributed by atoms with van der Waals surface area (Å²) in [4.78, 5) is 0. The van der Waals surface area contributed by atoms with E-state index in [4.69, 9.17) is 0 Å². The van der Waals surface area contributed by atoms with Gasteiger partial charge in [-0.15, -0.1) is 0 Å². The highest BCUT2D eigenvalue weighted by atomic mass is 79.9. The minimum absolute atomic E-state index is 0.0546. The molecule has 19 heavy (non-hydrogen) atoms. The van der Waals surface area contributed by atoms with Crippen molar-refractivity contribution in [3.63, 3.8) is 0 Å². The Bertz CT molecular complexity index is 409. The van der Waals surface area contributed by atoms with E-state index >= 15 is 0 Å². The number of alkyl halides is 3. The first-order valence-corrected chi connectivity index (χ1v) is 6.34. The Kier molecular flexibility index (Phi) is 6.22. The fourth-order valence-electron chi connectivity index (χ4n) is 1.46. The van der Waals surface area contributed by atoms with Crippen LogP contribution in [-0.2, 0) is 11.2 Å². The Morgan fingerprint density at radius 1 is 1.32 bits per heavy atom. The Labute approximate surface area is 116 Å². The van der Waals surface area contributed by atoms with Gasteiger partial charge in [0.25, 0.3) is 0 Å². The largest absolute Gasteiger partial charge is 0.411 e. The van der Waals surface area contributed by atoms with Crippen LogP contribution in [0.15, 0.2) is 22.7 Å². The van der Waals surface area contributed by atoms with E-state index in [9.17, 15) is 22.7 Å². The van der Waals surface area contributed by atoms with E-state index in [1.54, 1.807) is 0 Å². The molecule has 2 nitrogen and oxygen atoms in total. The van der Waals surface area contributed by atoms with E-state index in [0.717, 1.165) is 0 Å². The van der Waals surface area contributed by atoms with Gasteiger partial charge in [-0.05, 0) is 36.6 Å². The second-order valence-corrected chi connectivity index (χ2v) is 4.90. The monoisotopic (exact) mass is 344 g/mol. The van der Waals surface area contributed by atoms with Gasteiger partial charge in [-0.2, -0.15) is 13.2 Å². The Morgan fingerprint density at radius 3 is 2.63 bits per heavy atom. The molecule has 0 amide bonds. The maximum absolute atomic E-state index is 13.0. The number of halogens is 5. The third kappa shape index (κ3) is 6.89. The molecule has 0 bridgehead atoms. The van der Waals surface area contributed by atoms with Crippen LogP contribution in [0.4, 0.5) is 17.6 Å². The SMILES string of the molecule is OC(CCOCC(F)(F)F)Cc1cc(F)ccc1Br. The zero-order valence-corrected chi connectivity index (χ0v) is 11.5. The molecule has 0 spiro atoms. The lowest BCUT2D eigenvalue weighted by Crippen LogP contribution is -2.20. The summed E-state index contributed by atoms with van der Waals surface area (Å²) in [6.07, 6.45) is -5.05. The van der Waals surface area contributed by atoms with Crippen molar-refractivity contribution in [3.05, 3.63) is 34.1 Å². The van der Waals surface area contributed by atoms with Crippen LogP contribution in [0, 0.1) is 5.82 Å². The standard InChI is InChI=1S/C12H13BrF4O2/c13-11-2-1-9(14)5-8(11)6-10(18)3-4-19-7-12(15,16)17/h1-2,5,10,18H,3-4,6-7H2. The average Bonchev–Trinajstić information content (AvgIpc) is 2.28. The second-order valence-electron chi connectivity index (χ2n) is 4.05. The van der Waals surface area contributed by atoms with Crippen LogP contribution in [-0.4, -0.2) is 30.6 Å². The van der Waals surface area contributed by atoms with Crippen molar-refractivity contribution >= 4 is 15.9 Å². The topological polar surface area (TPSA) is 29.5 Å². The zero-order chi connectivity index (χ0) is 14.5. The van der Waals surface area contributed by atoms with Crippen LogP contribution in [0.3, 0.4) is 0 Å². The van der Waals surface area contributed by atoms with Crippen LogP contribution in [0.25, 0.3) is 0 Å². The summed E-state index contributed by atoms with van der Waals surface area (Å²) in [6.45, 7) is -1.53. The predicted molar refractivity (Wildman–Crippen MR) is 65.3 cm³/mol. The smallest absolute Gasteiger partial charge is 0.393 e. The van der Waals surface area contributed by atoms with E-state index < -0.39 is 24.7 Å². The van der Waals surface area contributed by atoms with E-state index in [2.05, 4.69) is 20.7 Å². The van der Waals surface area contributed by atoms with Crippen LogP contribution >= 0.6 is 15.9 Å². The molecule has 1 unspecified atom stereocenters. The van der Waals surface area contributed by atoms with Crippen LogP contribution in [0.5, 0.6) is 0 Å². The normalized spacial score (nSPS) is 13.6. The Hall–Kier alpha value is -0.660. The molecule has 0 aliphatic carbocycles. The van der Waals surface area contributed by atoms with Crippen molar-refractivity contribution in [2.45, 2.75) is 25.1 Å². The molecule has 0 saturated heterocycles. The lowest BCUT2D eigenvalue weighted by molar-refractivity contribution is -0.175. The molecule has 0 saturated carbocycles. The molecule has 0 aliphatic heterocycles. The van der Waals surface area contributed by atoms with Crippen molar-refractivity contribution < 1.29 is 27.4 Å². The van der Waals surface area contributed by atoms with Gasteiger partial charge >= 0.3 is 6.18 Å². The van der Waals surface area contributed by atoms with Crippen LogP contribution in [0.1, 0.15) is 12.0 Å². The number of hydrogen-bond donors (Lipinski definition) is 1. The first kappa shape index (κ1) is 16.4. The van der Waals surface area contributed by atoms with Gasteiger partial charge in [-0.3, -0.25) is 0 Å². The molecule has 0 aromatic heterocycles. The van der Waals surface area contributed by atoms with Gasteiger partial charge in [0.05, 0.1) is 6.10 Å². The summed E-state index contributed by atoms with van der Waals surface area (Å²) in [5, 5.41) is 9.64. The Balaban J connectivity index is 2.35. The molecule has 108 valence electrons. The van der Waals surface area contributed by atoms with E-state index in [-0.39, 0.29) is 19.4 Å². The highest BCUT2D eigenvalue weighted by Gasteiger charge is 2.27. The number of rotatable bonds is 6. The number of hydrogen-bond acceptors (Lipinski definition) is 2. The van der Waals surface area contributed by atoms with E-state index in [0.29, 0.717) is 10.0 Å². The summed E-state index contributed by atoms with van der Waals surface area (Å²) in [5.74, 6) is -0.432. The van der Waals surface area contributed by atoms with Gasteiger partial charge in [0, 0.05) is 11.1 Å². The zero-order valence-electron chi connectivity index (χ0n) is 9.88. The summed E-state index contributed by atoms with van der Waals surface area (Å²) in [5.41, 5.74) is 0.559. The molecule has 7 heteroatoms. The highest BCUT2D eigenvalue weighted by molar-refractivity contribution is 9.10. The van der Waals surface area contributed by atoms with Gasteiger partial charge in [-0.1, -0.05) is 15.9 Å². The molecule has 1 aromatic rings. The van der Waals surface area contributed by atoms with Gasteiger partial charge in [0.15, 0.2) is 0 Å². The minimum atomic E-state index is -4.36. The lowest BCUT2D eigenvalue weighted by atomic mass is 10.1. The first-order chi connectivity index (χ1) is 8.78. The van der Waals surface area contributed by atoms with Crippen LogP contribution in [0.2, 0.25) is 0 Å². The quantitative estimate of drug-likeness (QED) is 0.632. The maximum atomic E-state index is 13.0. The number of benzene rings is 1. The lowest BCUT2D eigenvalue weighted by Gasteiger charge is -2.13. The second kappa shape index (κ2) is 7.21. The number of aliphatic hydroxyl groups excluding tert-OH is 1. The molecule has 1 N–H and O–H groups in total. The highest BCUT2D eigenvalue weighted by Crippen LogP contribution is 2.20. The van der Waals surface area contributed by atoms with Crippen molar-refractivity contribution in [1.29, 1.82) is 0 Å². The molecule has 0 heterocycles. The number of ether oxygens (including phenoxy) is 1. The van der Waals surface area contributed by atoms with Crippen molar-refractivity contribution in [1.82, 2.24) is 0 Å². The van der Waals surface area contributed by atoms with E-state index in [1.807, 2.05) is 0 Å². The van der Waals surface area contributed by atoms with Crippen molar-refractivity contribution in [2.75, 3.05) is 13.2 Å². The van der Waals surface area contributed by atoms with Crippen molar-refractivity contribution in [3.8, 4) is 0 Å². The van der Waals surface area contributed by atoms with Gasteiger partial charge in [0.1, 0.15) is 12.4 Å². The third-order valence-electron chi connectivity index (χ3n) is 2.32. The molecule has 1 aromatic carbocycles. The fourth-order valence-corrected chi connectivity index (χ4v) is 1.87. The van der Waals surface area contributed by atoms with Gasteiger partial charge < -0.3 is 9.84 Å². The third-order valence-corrected chi connectivity index (χ3v) is 3.10. The summed E-state index contributed by atoms with van der Waals surface area (Å²) < 4.78 is 53.4. The first-order valence-electron chi connectivity index (χ1n) is 5.54. The van der Waals surface area contributed by atoms with Crippen molar-refractivity contribution in [2.24, 2.45) is 0 Å². The summed E-state index contributed by atoms with van der Waals surface area (Å²) in [6, 6.07) is 4.05. The molecule has 0 aliphatic rings. The van der Waals surface area contributed by atoms with E-state index in [1.165, 1.54) is 18.2 Å². The fraction of sp³-hybridized carbons (Fsp3) is 0.500. The van der Waals surface area contributed by atoms with Gasteiger partial charge in [0.2, 0.25) is 0 Å². The molecule has 0 fully saturated rings. The molecule has 1 rings (SSSR count). The average molecular weight is 345 g/mol. The summed E-state index contributed by atoms with van der Waals surface area (Å²) in [7, 11) is 0. The Morgan fingerprint density at radius 2 is 2.00 bits per heavy atom.